The first-order valence-corrected chi connectivity index (χ1v) is 8.71. The number of furan rings is 1. The van der Waals surface area contributed by atoms with E-state index in [4.69, 9.17) is 4.42 Å². The fourth-order valence-electron chi connectivity index (χ4n) is 1.85. The summed E-state index contributed by atoms with van der Waals surface area (Å²) in [4.78, 5) is 0. The van der Waals surface area contributed by atoms with Crippen molar-refractivity contribution in [1.29, 1.82) is 0 Å². The van der Waals surface area contributed by atoms with Gasteiger partial charge in [-0.2, -0.15) is 0 Å². The van der Waals surface area contributed by atoms with E-state index >= 15 is 0 Å². The quantitative estimate of drug-likeness (QED) is 0.817. The average Bonchev–Trinajstić information content (AvgIpc) is 2.94. The maximum Gasteiger partial charge on any atom is 0.273 e. The number of nitrogens with one attached hydrogen (secondary N) is 2. The average molecular weight is 373 g/mol. The molecule has 0 fully saturated rings. The number of benzene rings is 1. The molecule has 0 bridgehead atoms. The Hall–Kier alpha value is -1.15. The van der Waals surface area contributed by atoms with Crippen molar-refractivity contribution in [2.24, 2.45) is 0 Å². The molecule has 2 rings (SSSR count). The van der Waals surface area contributed by atoms with E-state index in [1.807, 2.05) is 31.2 Å². The lowest BCUT2D eigenvalue weighted by Gasteiger charge is -2.13. The van der Waals surface area contributed by atoms with Gasteiger partial charge in [0, 0.05) is 10.5 Å². The molecule has 0 saturated carbocycles. The lowest BCUT2D eigenvalue weighted by molar-refractivity contribution is 0.392. The topological polar surface area (TPSA) is 71.3 Å². The van der Waals surface area contributed by atoms with Crippen LogP contribution < -0.4 is 10.0 Å². The molecule has 0 spiro atoms. The second kappa shape index (κ2) is 6.74. The van der Waals surface area contributed by atoms with Crippen molar-refractivity contribution in [1.82, 2.24) is 10.0 Å². The molecule has 2 N–H and O–H groups in total. The zero-order valence-corrected chi connectivity index (χ0v) is 14.2. The number of hydrogen-bond donors (Lipinski definition) is 2. The highest BCUT2D eigenvalue weighted by atomic mass is 79.9. The molecule has 0 radical (unpaired) electrons. The van der Waals surface area contributed by atoms with Gasteiger partial charge in [0.1, 0.15) is 5.76 Å². The highest BCUT2D eigenvalue weighted by molar-refractivity contribution is 9.10. The van der Waals surface area contributed by atoms with E-state index in [9.17, 15) is 8.42 Å². The Labute approximate surface area is 132 Å². The number of halogens is 1. The maximum atomic E-state index is 11.6. The van der Waals surface area contributed by atoms with Crippen molar-refractivity contribution in [3.63, 3.8) is 0 Å². The van der Waals surface area contributed by atoms with E-state index in [0.717, 1.165) is 10.0 Å². The molecular weight excluding hydrogens is 356 g/mol. The minimum absolute atomic E-state index is 0.0723. The molecule has 0 amide bonds. The van der Waals surface area contributed by atoms with Gasteiger partial charge < -0.3 is 9.73 Å². The summed E-state index contributed by atoms with van der Waals surface area (Å²) in [5, 5.41) is 3.22. The van der Waals surface area contributed by atoms with E-state index in [1.165, 1.54) is 13.1 Å². The predicted octanol–water partition coefficient (Wildman–Crippen LogP) is 2.80. The second-order valence-electron chi connectivity index (χ2n) is 4.59. The molecule has 5 nitrogen and oxygen atoms in total. The van der Waals surface area contributed by atoms with Crippen LogP contribution in [0.1, 0.15) is 24.3 Å². The van der Waals surface area contributed by atoms with Crippen molar-refractivity contribution in [2.75, 3.05) is 7.05 Å². The first-order chi connectivity index (χ1) is 9.92. The van der Waals surface area contributed by atoms with E-state index < -0.39 is 10.0 Å². The molecule has 0 aliphatic rings. The molecule has 1 atom stereocenters. The van der Waals surface area contributed by atoms with Gasteiger partial charge in [0.05, 0.1) is 6.54 Å². The van der Waals surface area contributed by atoms with E-state index in [2.05, 4.69) is 26.0 Å². The van der Waals surface area contributed by atoms with Crippen molar-refractivity contribution in [3.8, 4) is 0 Å². The van der Waals surface area contributed by atoms with Crippen LogP contribution in [0.15, 0.2) is 50.4 Å². The first-order valence-electron chi connectivity index (χ1n) is 6.43. The molecule has 7 heteroatoms. The van der Waals surface area contributed by atoms with Crippen molar-refractivity contribution in [3.05, 3.63) is 52.2 Å². The van der Waals surface area contributed by atoms with Crippen LogP contribution in [0.5, 0.6) is 0 Å². The highest BCUT2D eigenvalue weighted by Crippen LogP contribution is 2.19. The van der Waals surface area contributed by atoms with Crippen molar-refractivity contribution in [2.45, 2.75) is 24.6 Å². The van der Waals surface area contributed by atoms with E-state index in [1.54, 1.807) is 6.07 Å². The lowest BCUT2D eigenvalue weighted by Crippen LogP contribution is -2.18. The largest absolute Gasteiger partial charge is 0.447 e. The Balaban J connectivity index is 2.00. The fraction of sp³-hybridized carbons (Fsp3) is 0.286. The molecule has 2 aromatic rings. The number of sulfonamides is 1. The first kappa shape index (κ1) is 16.2. The van der Waals surface area contributed by atoms with Crippen LogP contribution in [0.2, 0.25) is 0 Å². The predicted molar refractivity (Wildman–Crippen MR) is 84.4 cm³/mol. The normalized spacial score (nSPS) is 13.3. The highest BCUT2D eigenvalue weighted by Gasteiger charge is 2.16. The molecule has 1 unspecified atom stereocenters. The van der Waals surface area contributed by atoms with Crippen LogP contribution in [0.3, 0.4) is 0 Å². The van der Waals surface area contributed by atoms with Crippen LogP contribution >= 0.6 is 15.9 Å². The summed E-state index contributed by atoms with van der Waals surface area (Å²) in [5.74, 6) is 0.575. The summed E-state index contributed by atoms with van der Waals surface area (Å²) in [6.07, 6.45) is 0. The molecular formula is C14H17BrN2O3S. The molecule has 21 heavy (non-hydrogen) atoms. The maximum absolute atomic E-state index is 11.6. The van der Waals surface area contributed by atoms with Gasteiger partial charge in [-0.1, -0.05) is 28.1 Å². The molecule has 0 saturated heterocycles. The van der Waals surface area contributed by atoms with Gasteiger partial charge in [-0.05, 0) is 43.8 Å². The summed E-state index contributed by atoms with van der Waals surface area (Å²) in [7, 11) is -2.17. The Morgan fingerprint density at radius 1 is 1.29 bits per heavy atom. The lowest BCUT2D eigenvalue weighted by atomic mass is 10.1. The second-order valence-corrected chi connectivity index (χ2v) is 7.32. The number of hydrogen-bond acceptors (Lipinski definition) is 4. The fourth-order valence-corrected chi connectivity index (χ4v) is 2.93. The third-order valence-corrected chi connectivity index (χ3v) is 4.88. The van der Waals surface area contributed by atoms with Crippen LogP contribution in [-0.2, 0) is 16.6 Å². The number of rotatable bonds is 6. The smallest absolute Gasteiger partial charge is 0.273 e. The SMILES string of the molecule is CNS(=O)(=O)c1ccc(CNC(C)c2cccc(Br)c2)o1. The van der Waals surface area contributed by atoms with Gasteiger partial charge in [0.25, 0.3) is 10.0 Å². The van der Waals surface area contributed by atoms with Gasteiger partial charge in [-0.25, -0.2) is 13.1 Å². The third-order valence-electron chi connectivity index (χ3n) is 3.10. The Kier molecular flexibility index (Phi) is 5.21. The minimum atomic E-state index is -3.52. The summed E-state index contributed by atoms with van der Waals surface area (Å²) in [6, 6.07) is 11.2. The van der Waals surface area contributed by atoms with Gasteiger partial charge in [0.2, 0.25) is 5.09 Å². The summed E-state index contributed by atoms with van der Waals surface area (Å²) in [5.41, 5.74) is 1.14. The zero-order valence-electron chi connectivity index (χ0n) is 11.8. The molecule has 0 aliphatic heterocycles. The molecule has 0 aliphatic carbocycles. The molecule has 1 aromatic heterocycles. The van der Waals surface area contributed by atoms with Crippen molar-refractivity contribution < 1.29 is 12.8 Å². The summed E-state index contributed by atoms with van der Waals surface area (Å²) in [6.45, 7) is 2.49. The molecule has 1 heterocycles. The van der Waals surface area contributed by atoms with E-state index in [-0.39, 0.29) is 11.1 Å². The van der Waals surface area contributed by atoms with Crippen LogP contribution in [-0.4, -0.2) is 15.5 Å². The van der Waals surface area contributed by atoms with Gasteiger partial charge in [-0.15, -0.1) is 0 Å². The van der Waals surface area contributed by atoms with Crippen LogP contribution in [0.25, 0.3) is 0 Å². The Bertz CT molecular complexity index is 713. The molecule has 114 valence electrons. The van der Waals surface area contributed by atoms with Crippen LogP contribution in [0, 0.1) is 0 Å². The third kappa shape index (κ3) is 4.16. The Morgan fingerprint density at radius 2 is 2.05 bits per heavy atom. The Morgan fingerprint density at radius 3 is 2.71 bits per heavy atom. The van der Waals surface area contributed by atoms with Crippen molar-refractivity contribution >= 4 is 26.0 Å². The van der Waals surface area contributed by atoms with Gasteiger partial charge in [0.15, 0.2) is 0 Å². The van der Waals surface area contributed by atoms with E-state index in [0.29, 0.717) is 12.3 Å². The van der Waals surface area contributed by atoms with Gasteiger partial charge >= 0.3 is 0 Å². The zero-order chi connectivity index (χ0) is 15.5. The van der Waals surface area contributed by atoms with Gasteiger partial charge in [-0.3, -0.25) is 0 Å². The molecule has 1 aromatic carbocycles. The summed E-state index contributed by atoms with van der Waals surface area (Å²) >= 11 is 3.44. The summed E-state index contributed by atoms with van der Waals surface area (Å²) < 4.78 is 31.7. The minimum Gasteiger partial charge on any atom is -0.447 e. The van der Waals surface area contributed by atoms with Crippen LogP contribution in [0.4, 0.5) is 0 Å². The monoisotopic (exact) mass is 372 g/mol. The standard InChI is InChI=1S/C14H17BrN2O3S/c1-10(11-4-3-5-12(15)8-11)17-9-13-6-7-14(20-13)21(18,19)16-2/h3-8,10,16-17H,9H2,1-2H3.